The summed E-state index contributed by atoms with van der Waals surface area (Å²) in [5, 5.41) is 2.23. The largest absolute Gasteiger partial charge is 0.366 e. The van der Waals surface area contributed by atoms with Crippen LogP contribution in [-0.4, -0.2) is 10.5 Å². The van der Waals surface area contributed by atoms with Crippen molar-refractivity contribution in [3.63, 3.8) is 0 Å². The van der Waals surface area contributed by atoms with Gasteiger partial charge in [0.1, 0.15) is 0 Å². The molecule has 0 aromatic heterocycles. The second-order valence-corrected chi connectivity index (χ2v) is 4.40. The zero-order valence-corrected chi connectivity index (χ0v) is 10.2. The van der Waals surface area contributed by atoms with Crippen LogP contribution in [0.25, 0.3) is 22.0 Å². The van der Waals surface area contributed by atoms with Crippen molar-refractivity contribution >= 4 is 16.7 Å². The molecular weight excluding hydrogens is 224 g/mol. The molecule has 3 heteroatoms. The molecule has 1 heterocycles. The maximum absolute atomic E-state index is 11.2. The molecular formula is C15H14N2O. The Morgan fingerprint density at radius 2 is 2.11 bits per heavy atom. The van der Waals surface area contributed by atoms with Crippen LogP contribution in [0.5, 0.6) is 0 Å². The van der Waals surface area contributed by atoms with E-state index >= 15 is 0 Å². The second-order valence-electron chi connectivity index (χ2n) is 4.40. The average molecular weight is 238 g/mol. The quantitative estimate of drug-likeness (QED) is 0.733. The minimum absolute atomic E-state index is 0.384. The smallest absolute Gasteiger partial charge is 0.248 e. The fourth-order valence-corrected chi connectivity index (χ4v) is 2.44. The lowest BCUT2D eigenvalue weighted by molar-refractivity contribution is 0.100. The Hall–Kier alpha value is -2.29. The van der Waals surface area contributed by atoms with Gasteiger partial charge in [-0.05, 0) is 42.0 Å². The predicted molar refractivity (Wildman–Crippen MR) is 72.8 cm³/mol. The van der Waals surface area contributed by atoms with Crippen molar-refractivity contribution in [3.8, 4) is 11.3 Å². The number of hydrogen-bond acceptors (Lipinski definition) is 1. The van der Waals surface area contributed by atoms with Crippen LogP contribution < -0.4 is 5.73 Å². The van der Waals surface area contributed by atoms with Gasteiger partial charge in [-0.25, -0.2) is 0 Å². The second kappa shape index (κ2) is 3.88. The van der Waals surface area contributed by atoms with Crippen molar-refractivity contribution in [1.82, 2.24) is 4.57 Å². The Labute approximate surface area is 105 Å². The van der Waals surface area contributed by atoms with E-state index in [-0.39, 0.29) is 5.91 Å². The van der Waals surface area contributed by atoms with Gasteiger partial charge in [-0.2, -0.15) is 0 Å². The fourth-order valence-electron chi connectivity index (χ4n) is 2.44. The summed E-state index contributed by atoms with van der Waals surface area (Å²) in [5.41, 5.74) is 8.24. The van der Waals surface area contributed by atoms with E-state index < -0.39 is 0 Å². The first-order valence-electron chi connectivity index (χ1n) is 6.02. The van der Waals surface area contributed by atoms with Crippen LogP contribution in [0.15, 0.2) is 42.6 Å². The van der Waals surface area contributed by atoms with Crippen LogP contribution in [0.1, 0.15) is 17.3 Å². The first kappa shape index (κ1) is 10.8. The highest BCUT2D eigenvalue weighted by Crippen LogP contribution is 2.34. The Kier molecular flexibility index (Phi) is 2.33. The highest BCUT2D eigenvalue weighted by atomic mass is 16.1. The molecule has 90 valence electrons. The molecule has 0 saturated heterocycles. The third kappa shape index (κ3) is 1.48. The van der Waals surface area contributed by atoms with Crippen LogP contribution in [0.2, 0.25) is 0 Å². The topological polar surface area (TPSA) is 48.0 Å². The summed E-state index contributed by atoms with van der Waals surface area (Å²) in [6.45, 7) is 3.04. The van der Waals surface area contributed by atoms with Gasteiger partial charge in [0.05, 0.1) is 0 Å². The van der Waals surface area contributed by atoms with Gasteiger partial charge in [-0.15, -0.1) is 0 Å². The standard InChI is InChI=1S/C15H14N2O/c1-2-17-7-3-4-12-13-8-11(15(16)18)6-5-10(13)9-14(12)17/h3-9H,2H2,1H3,(H2,16,18). The van der Waals surface area contributed by atoms with E-state index in [1.807, 2.05) is 18.2 Å². The Morgan fingerprint density at radius 3 is 2.83 bits per heavy atom. The Balaban J connectivity index is 2.34. The van der Waals surface area contributed by atoms with Crippen molar-refractivity contribution in [1.29, 1.82) is 0 Å². The summed E-state index contributed by atoms with van der Waals surface area (Å²) < 4.78 is 2.19. The summed E-state index contributed by atoms with van der Waals surface area (Å²) >= 11 is 0. The molecule has 1 aromatic rings. The molecule has 0 spiro atoms. The van der Waals surface area contributed by atoms with Gasteiger partial charge in [0.2, 0.25) is 5.91 Å². The molecule has 18 heavy (non-hydrogen) atoms. The van der Waals surface area contributed by atoms with Crippen molar-refractivity contribution in [2.45, 2.75) is 13.5 Å². The number of aromatic nitrogens is 1. The summed E-state index contributed by atoms with van der Waals surface area (Å²) in [6.07, 6.45) is 2.07. The van der Waals surface area contributed by atoms with Crippen molar-refractivity contribution in [2.24, 2.45) is 5.73 Å². The molecule has 3 rings (SSSR count). The van der Waals surface area contributed by atoms with E-state index in [9.17, 15) is 4.79 Å². The molecule has 0 fully saturated rings. The van der Waals surface area contributed by atoms with Gasteiger partial charge in [0, 0.05) is 29.6 Å². The van der Waals surface area contributed by atoms with Crippen LogP contribution in [0, 0.1) is 0 Å². The van der Waals surface area contributed by atoms with Crippen LogP contribution in [-0.2, 0) is 6.54 Å². The number of nitrogens with two attached hydrogens (primary N) is 1. The lowest BCUT2D eigenvalue weighted by Gasteiger charge is -2.09. The number of amides is 1. The van der Waals surface area contributed by atoms with Gasteiger partial charge >= 0.3 is 0 Å². The van der Waals surface area contributed by atoms with Gasteiger partial charge in [0.25, 0.3) is 0 Å². The summed E-state index contributed by atoms with van der Waals surface area (Å²) in [4.78, 5) is 11.2. The molecule has 3 nitrogen and oxygen atoms in total. The molecule has 0 saturated carbocycles. The van der Waals surface area contributed by atoms with Gasteiger partial charge < -0.3 is 10.3 Å². The van der Waals surface area contributed by atoms with Gasteiger partial charge in [0.15, 0.2) is 0 Å². The molecule has 1 aromatic carbocycles. The zero-order chi connectivity index (χ0) is 12.7. The number of benzene rings is 1. The minimum atomic E-state index is -0.384. The normalized spacial score (nSPS) is 11.2. The Morgan fingerprint density at radius 1 is 1.28 bits per heavy atom. The third-order valence-electron chi connectivity index (χ3n) is 3.38. The molecule has 0 unspecified atom stereocenters. The van der Waals surface area contributed by atoms with E-state index in [4.69, 9.17) is 5.73 Å². The molecule has 0 bridgehead atoms. The summed E-state index contributed by atoms with van der Waals surface area (Å²) in [6, 6.07) is 11.9. The molecule has 1 amide bonds. The summed E-state index contributed by atoms with van der Waals surface area (Å²) in [5.74, 6) is -0.384. The van der Waals surface area contributed by atoms with Crippen molar-refractivity contribution in [3.05, 3.63) is 48.2 Å². The number of pyridine rings is 1. The van der Waals surface area contributed by atoms with Crippen LogP contribution in [0.3, 0.4) is 0 Å². The Bertz CT molecular complexity index is 712. The zero-order valence-electron chi connectivity index (χ0n) is 10.2. The fraction of sp³-hybridized carbons (Fsp3) is 0.133. The number of rotatable bonds is 2. The van der Waals surface area contributed by atoms with Crippen molar-refractivity contribution < 1.29 is 4.79 Å². The predicted octanol–water partition coefficient (Wildman–Crippen LogP) is 2.86. The minimum Gasteiger partial charge on any atom is -0.366 e. The number of carbonyl (C=O) groups is 1. The first-order valence-corrected chi connectivity index (χ1v) is 6.02. The maximum Gasteiger partial charge on any atom is 0.248 e. The number of carbonyl (C=O) groups excluding carboxylic acids is 1. The highest BCUT2D eigenvalue weighted by molar-refractivity contribution is 6.05. The number of primary amides is 1. The monoisotopic (exact) mass is 238 g/mol. The van der Waals surface area contributed by atoms with E-state index in [1.165, 1.54) is 5.69 Å². The molecule has 2 N–H and O–H groups in total. The van der Waals surface area contributed by atoms with E-state index in [0.29, 0.717) is 5.56 Å². The van der Waals surface area contributed by atoms with Crippen LogP contribution in [0.4, 0.5) is 0 Å². The summed E-state index contributed by atoms with van der Waals surface area (Å²) in [7, 11) is 0. The molecule has 0 atom stereocenters. The number of aryl methyl sites for hydroxylation is 1. The maximum atomic E-state index is 11.2. The molecule has 1 aliphatic heterocycles. The molecule has 1 aliphatic carbocycles. The number of nitrogens with zero attached hydrogens (tertiary/aromatic N) is 1. The van der Waals surface area contributed by atoms with E-state index in [1.54, 1.807) is 6.07 Å². The first-order chi connectivity index (χ1) is 8.70. The molecule has 2 aliphatic rings. The van der Waals surface area contributed by atoms with Gasteiger partial charge in [-0.3, -0.25) is 4.79 Å². The van der Waals surface area contributed by atoms with Gasteiger partial charge in [-0.1, -0.05) is 12.1 Å². The third-order valence-corrected chi connectivity index (χ3v) is 3.38. The van der Waals surface area contributed by atoms with Crippen molar-refractivity contribution in [2.75, 3.05) is 0 Å². The van der Waals surface area contributed by atoms with E-state index in [0.717, 1.165) is 22.9 Å². The lowest BCUT2D eigenvalue weighted by Crippen LogP contribution is -2.10. The highest BCUT2D eigenvalue weighted by Gasteiger charge is 2.13. The molecule has 0 radical (unpaired) electrons. The number of fused-ring (bicyclic) bond motifs is 3. The SMILES string of the molecule is CCn1cccc2c3cc(C(N)=O)ccc3cc1-2. The van der Waals surface area contributed by atoms with E-state index in [2.05, 4.69) is 29.8 Å². The van der Waals surface area contributed by atoms with Crippen LogP contribution >= 0.6 is 0 Å². The average Bonchev–Trinajstić information content (AvgIpc) is 2.76. The number of hydrogen-bond donors (Lipinski definition) is 1. The lowest BCUT2D eigenvalue weighted by atomic mass is 10.1.